The second-order valence-corrected chi connectivity index (χ2v) is 8.62. The van der Waals surface area contributed by atoms with Crippen molar-refractivity contribution in [2.75, 3.05) is 29.9 Å². The van der Waals surface area contributed by atoms with Crippen LogP contribution < -0.4 is 15.0 Å². The number of aliphatic hydroxyl groups is 1. The van der Waals surface area contributed by atoms with E-state index < -0.39 is 17.2 Å². The van der Waals surface area contributed by atoms with E-state index in [-0.39, 0.29) is 12.5 Å². The summed E-state index contributed by atoms with van der Waals surface area (Å²) in [6, 6.07) is 5.89. The fourth-order valence-electron chi connectivity index (χ4n) is 4.29. The van der Waals surface area contributed by atoms with E-state index in [9.17, 15) is 18.7 Å². The van der Waals surface area contributed by atoms with Crippen molar-refractivity contribution in [1.82, 2.24) is 0 Å². The third-order valence-electron chi connectivity index (χ3n) is 6.11. The molecular weight excluding hydrogens is 426 g/mol. The lowest BCUT2D eigenvalue weighted by molar-refractivity contribution is -0.116. The van der Waals surface area contributed by atoms with E-state index in [1.807, 2.05) is 11.8 Å². The molecule has 1 saturated heterocycles. The SMILES string of the molecule is CCc1c(F)cc(OCC2(O)CCN(c3ccc(Cl)cc3F)CC2)c2c1NC(=O)CC2. The van der Waals surface area contributed by atoms with E-state index in [1.54, 1.807) is 12.1 Å². The minimum absolute atomic E-state index is 0.00472. The summed E-state index contributed by atoms with van der Waals surface area (Å²) >= 11 is 5.82. The summed E-state index contributed by atoms with van der Waals surface area (Å²) in [7, 11) is 0. The summed E-state index contributed by atoms with van der Waals surface area (Å²) in [6.07, 6.45) is 1.98. The number of halogens is 3. The van der Waals surface area contributed by atoms with Gasteiger partial charge < -0.3 is 20.1 Å². The summed E-state index contributed by atoms with van der Waals surface area (Å²) in [5.74, 6) is -0.615. The fraction of sp³-hybridized carbons (Fsp3) is 0.435. The van der Waals surface area contributed by atoms with Crippen molar-refractivity contribution in [1.29, 1.82) is 0 Å². The number of amides is 1. The molecule has 0 saturated carbocycles. The Morgan fingerprint density at radius 2 is 1.94 bits per heavy atom. The van der Waals surface area contributed by atoms with Crippen molar-refractivity contribution < 1.29 is 23.4 Å². The standard InChI is InChI=1S/C23H25ClF2N2O3/c1-2-15-17(25)12-20(16-4-6-21(29)27-22(15)16)31-13-23(30)7-9-28(10-8-23)19-5-3-14(24)11-18(19)26/h3,5,11-12,30H,2,4,6-10,13H2,1H3,(H,27,29). The Balaban J connectivity index is 1.46. The normalized spacial score (nSPS) is 17.8. The van der Waals surface area contributed by atoms with Crippen LogP contribution in [0.4, 0.5) is 20.2 Å². The topological polar surface area (TPSA) is 61.8 Å². The summed E-state index contributed by atoms with van der Waals surface area (Å²) < 4.78 is 34.7. The number of nitrogens with zero attached hydrogens (tertiary/aromatic N) is 1. The molecule has 0 aromatic heterocycles. The van der Waals surface area contributed by atoms with Crippen LogP contribution >= 0.6 is 11.6 Å². The molecule has 166 valence electrons. The molecule has 2 aliphatic rings. The average Bonchev–Trinajstić information content (AvgIpc) is 2.73. The number of hydrogen-bond donors (Lipinski definition) is 2. The predicted molar refractivity (Wildman–Crippen MR) is 116 cm³/mol. The minimum atomic E-state index is -1.11. The predicted octanol–water partition coefficient (Wildman–Crippen LogP) is 4.48. The Hall–Kier alpha value is -2.38. The van der Waals surface area contributed by atoms with Gasteiger partial charge in [-0.15, -0.1) is 0 Å². The van der Waals surface area contributed by atoms with Gasteiger partial charge in [0.15, 0.2) is 0 Å². The monoisotopic (exact) mass is 450 g/mol. The summed E-state index contributed by atoms with van der Waals surface area (Å²) in [5.41, 5.74) is 1.07. The van der Waals surface area contributed by atoms with E-state index in [0.29, 0.717) is 72.9 Å². The van der Waals surface area contributed by atoms with Crippen molar-refractivity contribution in [3.8, 4) is 5.75 Å². The van der Waals surface area contributed by atoms with Gasteiger partial charge in [-0.3, -0.25) is 4.79 Å². The first kappa shape index (κ1) is 21.8. The number of carbonyl (C=O) groups is 1. The smallest absolute Gasteiger partial charge is 0.224 e. The number of benzene rings is 2. The van der Waals surface area contributed by atoms with Gasteiger partial charge in [0.05, 0.1) is 11.4 Å². The van der Waals surface area contributed by atoms with Crippen molar-refractivity contribution >= 4 is 28.9 Å². The highest BCUT2D eigenvalue weighted by Gasteiger charge is 2.35. The lowest BCUT2D eigenvalue weighted by Crippen LogP contribution is -2.48. The number of carbonyl (C=O) groups excluding carboxylic acids is 1. The Kier molecular flexibility index (Phi) is 6.08. The minimum Gasteiger partial charge on any atom is -0.490 e. The first-order valence-electron chi connectivity index (χ1n) is 10.5. The number of anilines is 2. The third-order valence-corrected chi connectivity index (χ3v) is 6.34. The number of ether oxygens (including phenoxy) is 1. The van der Waals surface area contributed by atoms with Crippen molar-refractivity contribution in [3.63, 3.8) is 0 Å². The molecule has 5 nitrogen and oxygen atoms in total. The maximum Gasteiger partial charge on any atom is 0.224 e. The van der Waals surface area contributed by atoms with Gasteiger partial charge in [-0.2, -0.15) is 0 Å². The molecule has 2 aromatic carbocycles. The zero-order chi connectivity index (χ0) is 22.2. The van der Waals surface area contributed by atoms with Gasteiger partial charge in [0.25, 0.3) is 0 Å². The molecular formula is C23H25ClF2N2O3. The molecule has 0 bridgehead atoms. The van der Waals surface area contributed by atoms with Crippen LogP contribution in [0.5, 0.6) is 5.75 Å². The lowest BCUT2D eigenvalue weighted by atomic mass is 9.91. The van der Waals surface area contributed by atoms with Gasteiger partial charge in [0, 0.05) is 41.7 Å². The molecule has 1 amide bonds. The van der Waals surface area contributed by atoms with Crippen LogP contribution in [0.1, 0.15) is 37.3 Å². The first-order chi connectivity index (χ1) is 14.8. The Morgan fingerprint density at radius 3 is 2.61 bits per heavy atom. The number of piperidine rings is 1. The average molecular weight is 451 g/mol. The second-order valence-electron chi connectivity index (χ2n) is 8.19. The van der Waals surface area contributed by atoms with Crippen molar-refractivity contribution in [3.05, 3.63) is 52.0 Å². The highest BCUT2D eigenvalue weighted by molar-refractivity contribution is 6.30. The van der Waals surface area contributed by atoms with Crippen molar-refractivity contribution in [2.24, 2.45) is 0 Å². The molecule has 0 spiro atoms. The molecule has 2 N–H and O–H groups in total. The Morgan fingerprint density at radius 1 is 1.19 bits per heavy atom. The second kappa shape index (κ2) is 8.63. The van der Waals surface area contributed by atoms with E-state index >= 15 is 0 Å². The van der Waals surface area contributed by atoms with Gasteiger partial charge in [-0.1, -0.05) is 18.5 Å². The molecule has 31 heavy (non-hydrogen) atoms. The number of fused-ring (bicyclic) bond motifs is 1. The van der Waals surface area contributed by atoms with Crippen molar-refractivity contribution in [2.45, 2.75) is 44.6 Å². The Bertz CT molecular complexity index is 1010. The summed E-state index contributed by atoms with van der Waals surface area (Å²) in [6.45, 7) is 2.74. The van der Waals surface area contributed by atoms with Crippen LogP contribution in [0.25, 0.3) is 0 Å². The van der Waals surface area contributed by atoms with E-state index in [0.717, 1.165) is 5.56 Å². The van der Waals surface area contributed by atoms with Crippen LogP contribution in [-0.4, -0.2) is 36.3 Å². The third kappa shape index (κ3) is 4.48. The van der Waals surface area contributed by atoms with Gasteiger partial charge in [0.1, 0.15) is 29.6 Å². The molecule has 0 unspecified atom stereocenters. The van der Waals surface area contributed by atoms with E-state index in [2.05, 4.69) is 5.32 Å². The zero-order valence-corrected chi connectivity index (χ0v) is 18.1. The molecule has 2 aliphatic heterocycles. The van der Waals surface area contributed by atoms with Crippen LogP contribution in [0.15, 0.2) is 24.3 Å². The largest absolute Gasteiger partial charge is 0.490 e. The Labute approximate surface area is 185 Å². The molecule has 1 fully saturated rings. The number of nitrogens with one attached hydrogen (secondary N) is 1. The highest BCUT2D eigenvalue weighted by Crippen LogP contribution is 2.38. The summed E-state index contributed by atoms with van der Waals surface area (Å²) in [4.78, 5) is 13.7. The molecule has 0 atom stereocenters. The van der Waals surface area contributed by atoms with Gasteiger partial charge >= 0.3 is 0 Å². The van der Waals surface area contributed by atoms with Gasteiger partial charge in [-0.25, -0.2) is 8.78 Å². The first-order valence-corrected chi connectivity index (χ1v) is 10.9. The van der Waals surface area contributed by atoms with Crippen LogP contribution in [0, 0.1) is 11.6 Å². The lowest BCUT2D eigenvalue weighted by Gasteiger charge is -2.39. The molecule has 2 heterocycles. The molecule has 8 heteroatoms. The molecule has 2 aromatic rings. The fourth-order valence-corrected chi connectivity index (χ4v) is 4.44. The van der Waals surface area contributed by atoms with E-state index in [1.165, 1.54) is 12.1 Å². The molecule has 0 radical (unpaired) electrons. The zero-order valence-electron chi connectivity index (χ0n) is 17.3. The molecule has 4 rings (SSSR count). The maximum absolute atomic E-state index is 14.6. The summed E-state index contributed by atoms with van der Waals surface area (Å²) in [5, 5.41) is 14.1. The van der Waals surface area contributed by atoms with Gasteiger partial charge in [-0.05, 0) is 43.9 Å². The van der Waals surface area contributed by atoms with Crippen LogP contribution in [0.3, 0.4) is 0 Å². The van der Waals surface area contributed by atoms with Gasteiger partial charge in [0.2, 0.25) is 5.91 Å². The number of rotatable bonds is 5. The number of hydrogen-bond acceptors (Lipinski definition) is 4. The van der Waals surface area contributed by atoms with E-state index in [4.69, 9.17) is 16.3 Å². The van der Waals surface area contributed by atoms with Crippen LogP contribution in [-0.2, 0) is 17.6 Å². The highest BCUT2D eigenvalue weighted by atomic mass is 35.5. The van der Waals surface area contributed by atoms with Crippen LogP contribution in [0.2, 0.25) is 5.02 Å². The maximum atomic E-state index is 14.6. The quantitative estimate of drug-likeness (QED) is 0.705. The molecule has 0 aliphatic carbocycles.